The maximum absolute atomic E-state index is 12.4. The zero-order valence-corrected chi connectivity index (χ0v) is 14.9. The molecule has 0 spiro atoms. The van der Waals surface area contributed by atoms with Crippen molar-refractivity contribution in [1.29, 1.82) is 0 Å². The third-order valence-electron chi connectivity index (χ3n) is 4.53. The largest absolute Gasteiger partial charge is 0.372 e. The van der Waals surface area contributed by atoms with Gasteiger partial charge in [-0.3, -0.25) is 4.79 Å². The summed E-state index contributed by atoms with van der Waals surface area (Å²) in [6.07, 6.45) is 5.51. The van der Waals surface area contributed by atoms with Crippen molar-refractivity contribution >= 4 is 28.8 Å². The summed E-state index contributed by atoms with van der Waals surface area (Å²) in [6, 6.07) is 17.6. The van der Waals surface area contributed by atoms with E-state index in [1.54, 1.807) is 6.20 Å². The summed E-state index contributed by atoms with van der Waals surface area (Å²) >= 11 is 0. The maximum atomic E-state index is 12.4. The molecule has 1 amide bonds. The van der Waals surface area contributed by atoms with E-state index in [0.29, 0.717) is 5.82 Å². The van der Waals surface area contributed by atoms with Crippen LogP contribution in [0.25, 0.3) is 0 Å². The van der Waals surface area contributed by atoms with E-state index in [1.165, 1.54) is 24.7 Å². The first-order valence-electron chi connectivity index (χ1n) is 9.08. The summed E-state index contributed by atoms with van der Waals surface area (Å²) in [5, 5.41) is 6.01. The molecule has 2 aromatic carbocycles. The molecule has 1 aliphatic heterocycles. The molecule has 2 N–H and O–H groups in total. The lowest BCUT2D eigenvalue weighted by Crippen LogP contribution is -2.18. The number of anilines is 4. The standard InChI is InChI=1S/C21H21N5O/c27-21(25-17-8-10-18(11-9-17)26-12-4-5-13-26)19-14-23-20(15-22-19)24-16-6-2-1-3-7-16/h1-3,6-11,14-15H,4-5,12-13H2,(H,23,24)(H,25,27). The average molecular weight is 359 g/mol. The topological polar surface area (TPSA) is 70.2 Å². The van der Waals surface area contributed by atoms with E-state index in [4.69, 9.17) is 0 Å². The zero-order valence-electron chi connectivity index (χ0n) is 14.9. The number of hydrogen-bond acceptors (Lipinski definition) is 5. The van der Waals surface area contributed by atoms with Gasteiger partial charge in [-0.1, -0.05) is 18.2 Å². The fourth-order valence-corrected chi connectivity index (χ4v) is 3.11. The molecule has 27 heavy (non-hydrogen) atoms. The third-order valence-corrected chi connectivity index (χ3v) is 4.53. The highest BCUT2D eigenvalue weighted by molar-refractivity contribution is 6.02. The number of para-hydroxylation sites is 1. The summed E-state index contributed by atoms with van der Waals surface area (Å²) in [5.74, 6) is 0.315. The van der Waals surface area contributed by atoms with Crippen molar-refractivity contribution in [2.75, 3.05) is 28.6 Å². The molecule has 136 valence electrons. The van der Waals surface area contributed by atoms with Crippen LogP contribution >= 0.6 is 0 Å². The van der Waals surface area contributed by atoms with Gasteiger partial charge in [0.25, 0.3) is 5.91 Å². The Morgan fingerprint density at radius 3 is 2.26 bits per heavy atom. The predicted molar refractivity (Wildman–Crippen MR) is 108 cm³/mol. The molecule has 0 atom stereocenters. The van der Waals surface area contributed by atoms with Crippen LogP contribution in [-0.2, 0) is 0 Å². The number of aromatic nitrogens is 2. The van der Waals surface area contributed by atoms with Crippen molar-refractivity contribution in [3.8, 4) is 0 Å². The second-order valence-electron chi connectivity index (χ2n) is 6.47. The van der Waals surface area contributed by atoms with Gasteiger partial charge in [0.2, 0.25) is 0 Å². The highest BCUT2D eigenvalue weighted by Gasteiger charge is 2.13. The first-order chi connectivity index (χ1) is 13.3. The van der Waals surface area contributed by atoms with Crippen molar-refractivity contribution in [2.45, 2.75) is 12.8 Å². The van der Waals surface area contributed by atoms with Gasteiger partial charge in [0, 0.05) is 30.2 Å². The Balaban J connectivity index is 1.37. The van der Waals surface area contributed by atoms with E-state index in [2.05, 4.69) is 25.5 Å². The summed E-state index contributed by atoms with van der Waals surface area (Å²) in [4.78, 5) is 23.2. The molecule has 2 heterocycles. The van der Waals surface area contributed by atoms with Crippen LogP contribution in [0.15, 0.2) is 67.0 Å². The molecule has 3 aromatic rings. The van der Waals surface area contributed by atoms with E-state index in [9.17, 15) is 4.79 Å². The SMILES string of the molecule is O=C(Nc1ccc(N2CCCC2)cc1)c1cnc(Nc2ccccc2)cn1. The number of rotatable bonds is 5. The van der Waals surface area contributed by atoms with Gasteiger partial charge in [-0.05, 0) is 49.2 Å². The van der Waals surface area contributed by atoms with E-state index in [1.807, 2.05) is 54.6 Å². The Hall–Kier alpha value is -3.41. The van der Waals surface area contributed by atoms with Gasteiger partial charge in [-0.2, -0.15) is 0 Å². The van der Waals surface area contributed by atoms with Crippen molar-refractivity contribution in [3.63, 3.8) is 0 Å². The van der Waals surface area contributed by atoms with Crippen molar-refractivity contribution in [2.24, 2.45) is 0 Å². The van der Waals surface area contributed by atoms with Crippen molar-refractivity contribution < 1.29 is 4.79 Å². The summed E-state index contributed by atoms with van der Waals surface area (Å²) in [6.45, 7) is 2.20. The number of hydrogen-bond donors (Lipinski definition) is 2. The van der Waals surface area contributed by atoms with Crippen molar-refractivity contribution in [1.82, 2.24) is 9.97 Å². The highest BCUT2D eigenvalue weighted by Crippen LogP contribution is 2.22. The number of carbonyl (C=O) groups excluding carboxylic acids is 1. The Morgan fingerprint density at radius 2 is 1.59 bits per heavy atom. The van der Waals surface area contributed by atoms with Gasteiger partial charge >= 0.3 is 0 Å². The molecule has 0 radical (unpaired) electrons. The fraction of sp³-hybridized carbons (Fsp3) is 0.190. The Labute approximate surface area is 158 Å². The Bertz CT molecular complexity index is 888. The van der Waals surface area contributed by atoms with Crippen LogP contribution in [0, 0.1) is 0 Å². The first-order valence-corrected chi connectivity index (χ1v) is 9.08. The molecule has 0 bridgehead atoms. The Kier molecular flexibility index (Phi) is 4.96. The number of nitrogens with one attached hydrogen (secondary N) is 2. The monoisotopic (exact) mass is 359 g/mol. The van der Waals surface area contributed by atoms with Gasteiger partial charge in [-0.25, -0.2) is 9.97 Å². The molecule has 1 fully saturated rings. The molecule has 1 saturated heterocycles. The van der Waals surface area contributed by atoms with E-state index in [0.717, 1.165) is 24.5 Å². The van der Waals surface area contributed by atoms with Gasteiger partial charge < -0.3 is 15.5 Å². The number of nitrogens with zero attached hydrogens (tertiary/aromatic N) is 3. The van der Waals surface area contributed by atoms with Crippen LogP contribution in [-0.4, -0.2) is 29.0 Å². The second kappa shape index (κ2) is 7.86. The molecule has 0 unspecified atom stereocenters. The molecule has 0 aliphatic carbocycles. The number of carbonyl (C=O) groups is 1. The quantitative estimate of drug-likeness (QED) is 0.718. The van der Waals surface area contributed by atoms with E-state index < -0.39 is 0 Å². The fourth-order valence-electron chi connectivity index (χ4n) is 3.11. The van der Waals surface area contributed by atoms with E-state index >= 15 is 0 Å². The smallest absolute Gasteiger partial charge is 0.275 e. The molecular formula is C21H21N5O. The zero-order chi connectivity index (χ0) is 18.5. The first kappa shape index (κ1) is 17.0. The molecule has 6 heteroatoms. The normalized spacial score (nSPS) is 13.4. The number of amides is 1. The van der Waals surface area contributed by atoms with Crippen LogP contribution in [0.5, 0.6) is 0 Å². The van der Waals surface area contributed by atoms with Gasteiger partial charge in [0.15, 0.2) is 0 Å². The van der Waals surface area contributed by atoms with Crippen LogP contribution in [0.3, 0.4) is 0 Å². The summed E-state index contributed by atoms with van der Waals surface area (Å²) in [5.41, 5.74) is 3.14. The summed E-state index contributed by atoms with van der Waals surface area (Å²) < 4.78 is 0. The van der Waals surface area contributed by atoms with Crippen LogP contribution < -0.4 is 15.5 Å². The van der Waals surface area contributed by atoms with Crippen LogP contribution in [0.1, 0.15) is 23.3 Å². The molecule has 4 rings (SSSR count). The lowest BCUT2D eigenvalue weighted by atomic mass is 10.2. The van der Waals surface area contributed by atoms with Gasteiger partial charge in [0.05, 0.1) is 12.4 Å². The molecule has 1 aliphatic rings. The molecule has 1 aromatic heterocycles. The molecule has 0 saturated carbocycles. The number of benzene rings is 2. The minimum absolute atomic E-state index is 0.275. The second-order valence-corrected chi connectivity index (χ2v) is 6.47. The molecule has 6 nitrogen and oxygen atoms in total. The highest BCUT2D eigenvalue weighted by atomic mass is 16.1. The average Bonchev–Trinajstić information content (AvgIpc) is 3.25. The third kappa shape index (κ3) is 4.23. The molecular weight excluding hydrogens is 338 g/mol. The minimum Gasteiger partial charge on any atom is -0.372 e. The predicted octanol–water partition coefficient (Wildman–Crippen LogP) is 4.07. The Morgan fingerprint density at radius 1 is 0.852 bits per heavy atom. The summed E-state index contributed by atoms with van der Waals surface area (Å²) in [7, 11) is 0. The van der Waals surface area contributed by atoms with E-state index in [-0.39, 0.29) is 11.6 Å². The van der Waals surface area contributed by atoms with Crippen molar-refractivity contribution in [3.05, 3.63) is 72.7 Å². The lowest BCUT2D eigenvalue weighted by molar-refractivity contribution is 0.102. The van der Waals surface area contributed by atoms with Gasteiger partial charge in [0.1, 0.15) is 11.5 Å². The van der Waals surface area contributed by atoms with Crippen LogP contribution in [0.2, 0.25) is 0 Å². The van der Waals surface area contributed by atoms with Crippen LogP contribution in [0.4, 0.5) is 22.9 Å². The minimum atomic E-state index is -0.275. The van der Waals surface area contributed by atoms with Gasteiger partial charge in [-0.15, -0.1) is 0 Å². The lowest BCUT2D eigenvalue weighted by Gasteiger charge is -2.17. The maximum Gasteiger partial charge on any atom is 0.275 e.